The van der Waals surface area contributed by atoms with Crippen molar-refractivity contribution >= 4 is 0 Å². The highest BCUT2D eigenvalue weighted by atomic mass is 19.2. The van der Waals surface area contributed by atoms with Gasteiger partial charge in [-0.2, -0.15) is 4.39 Å². The highest BCUT2D eigenvalue weighted by Crippen LogP contribution is 2.26. The fraction of sp³-hybridized carbons (Fsp3) is 0.250. The lowest BCUT2D eigenvalue weighted by Crippen LogP contribution is -2.06. The number of hydrogen-bond acceptors (Lipinski definition) is 2. The summed E-state index contributed by atoms with van der Waals surface area (Å²) >= 11 is 0. The lowest BCUT2D eigenvalue weighted by molar-refractivity contribution is 0.398. The van der Waals surface area contributed by atoms with Crippen molar-refractivity contribution in [3.8, 4) is 5.75 Å². The molecule has 0 aromatic heterocycles. The molecule has 1 atom stereocenters. The SMILES string of the molecule is C[C@H](N)c1ccc(F)c(F)c1O. The second kappa shape index (κ2) is 3.06. The molecule has 66 valence electrons. The van der Waals surface area contributed by atoms with E-state index in [1.54, 1.807) is 6.92 Å². The van der Waals surface area contributed by atoms with E-state index < -0.39 is 23.4 Å². The van der Waals surface area contributed by atoms with Gasteiger partial charge in [0.15, 0.2) is 11.6 Å². The molecule has 4 heteroatoms. The second-order valence-corrected chi connectivity index (χ2v) is 2.59. The smallest absolute Gasteiger partial charge is 0.200 e. The molecule has 0 aliphatic rings. The molecule has 0 aliphatic carbocycles. The maximum absolute atomic E-state index is 12.7. The number of halogens is 2. The summed E-state index contributed by atoms with van der Waals surface area (Å²) in [5, 5.41) is 9.05. The highest BCUT2D eigenvalue weighted by Gasteiger charge is 2.14. The Balaban J connectivity index is 3.27. The van der Waals surface area contributed by atoms with E-state index >= 15 is 0 Å². The van der Waals surface area contributed by atoms with Crippen molar-refractivity contribution < 1.29 is 13.9 Å². The first kappa shape index (κ1) is 8.93. The van der Waals surface area contributed by atoms with Gasteiger partial charge in [-0.1, -0.05) is 6.07 Å². The van der Waals surface area contributed by atoms with Crippen LogP contribution in [-0.4, -0.2) is 5.11 Å². The number of phenolic OH excluding ortho intramolecular Hbond substituents is 1. The molecule has 0 aliphatic heterocycles. The van der Waals surface area contributed by atoms with Crippen LogP contribution in [0.15, 0.2) is 12.1 Å². The van der Waals surface area contributed by atoms with Crippen molar-refractivity contribution in [2.75, 3.05) is 0 Å². The molecule has 0 saturated carbocycles. The van der Waals surface area contributed by atoms with Crippen molar-refractivity contribution in [3.05, 3.63) is 29.3 Å². The minimum atomic E-state index is -1.25. The molecule has 1 aromatic rings. The summed E-state index contributed by atoms with van der Waals surface area (Å²) in [6, 6.07) is 1.69. The predicted octanol–water partition coefficient (Wildman–Crippen LogP) is 1.69. The van der Waals surface area contributed by atoms with E-state index in [4.69, 9.17) is 10.8 Å². The van der Waals surface area contributed by atoms with Gasteiger partial charge in [-0.15, -0.1) is 0 Å². The van der Waals surface area contributed by atoms with Crippen LogP contribution in [-0.2, 0) is 0 Å². The van der Waals surface area contributed by atoms with E-state index in [1.807, 2.05) is 0 Å². The van der Waals surface area contributed by atoms with Gasteiger partial charge in [-0.05, 0) is 13.0 Å². The van der Waals surface area contributed by atoms with Crippen LogP contribution in [0.25, 0.3) is 0 Å². The van der Waals surface area contributed by atoms with Gasteiger partial charge in [0.05, 0.1) is 0 Å². The van der Waals surface area contributed by atoms with Gasteiger partial charge in [0.1, 0.15) is 0 Å². The number of nitrogens with two attached hydrogens (primary N) is 1. The third-order valence-electron chi connectivity index (χ3n) is 1.59. The molecule has 1 rings (SSSR count). The van der Waals surface area contributed by atoms with Gasteiger partial charge in [-0.3, -0.25) is 0 Å². The maximum atomic E-state index is 12.7. The van der Waals surface area contributed by atoms with Crippen molar-refractivity contribution in [1.82, 2.24) is 0 Å². The minimum absolute atomic E-state index is 0.203. The van der Waals surface area contributed by atoms with Crippen LogP contribution in [0.1, 0.15) is 18.5 Å². The molecule has 0 spiro atoms. The summed E-state index contributed by atoms with van der Waals surface area (Å²) < 4.78 is 25.1. The van der Waals surface area contributed by atoms with Crippen LogP contribution >= 0.6 is 0 Å². The molecule has 0 amide bonds. The van der Waals surface area contributed by atoms with Crippen molar-refractivity contribution in [2.45, 2.75) is 13.0 Å². The Labute approximate surface area is 68.6 Å². The van der Waals surface area contributed by atoms with E-state index in [1.165, 1.54) is 6.07 Å². The van der Waals surface area contributed by atoms with Crippen LogP contribution in [0.5, 0.6) is 5.75 Å². The normalized spacial score (nSPS) is 13.0. The van der Waals surface area contributed by atoms with Gasteiger partial charge in [-0.25, -0.2) is 4.39 Å². The Kier molecular flexibility index (Phi) is 2.28. The highest BCUT2D eigenvalue weighted by molar-refractivity contribution is 5.36. The Hall–Kier alpha value is -1.16. The van der Waals surface area contributed by atoms with E-state index in [9.17, 15) is 8.78 Å². The zero-order valence-electron chi connectivity index (χ0n) is 6.51. The number of rotatable bonds is 1. The fourth-order valence-electron chi connectivity index (χ4n) is 0.922. The van der Waals surface area contributed by atoms with Crippen LogP contribution in [0, 0.1) is 11.6 Å². The molecule has 0 radical (unpaired) electrons. The second-order valence-electron chi connectivity index (χ2n) is 2.59. The third kappa shape index (κ3) is 1.38. The van der Waals surface area contributed by atoms with E-state index in [2.05, 4.69) is 0 Å². The molecule has 1 aromatic carbocycles. The fourth-order valence-corrected chi connectivity index (χ4v) is 0.922. The lowest BCUT2D eigenvalue weighted by Gasteiger charge is -2.08. The first-order valence-electron chi connectivity index (χ1n) is 3.46. The molecule has 0 saturated heterocycles. The lowest BCUT2D eigenvalue weighted by atomic mass is 10.1. The van der Waals surface area contributed by atoms with Crippen LogP contribution < -0.4 is 5.73 Å². The molecular weight excluding hydrogens is 164 g/mol. The first-order valence-corrected chi connectivity index (χ1v) is 3.46. The number of phenols is 1. The zero-order valence-corrected chi connectivity index (χ0v) is 6.51. The summed E-state index contributed by atoms with van der Waals surface area (Å²) in [5.74, 6) is -3.02. The third-order valence-corrected chi connectivity index (χ3v) is 1.59. The molecule has 0 fully saturated rings. The minimum Gasteiger partial charge on any atom is -0.505 e. The quantitative estimate of drug-likeness (QED) is 0.678. The summed E-state index contributed by atoms with van der Waals surface area (Å²) in [5.41, 5.74) is 5.59. The zero-order chi connectivity index (χ0) is 9.30. The largest absolute Gasteiger partial charge is 0.505 e. The molecule has 2 nitrogen and oxygen atoms in total. The molecule has 0 heterocycles. The Morgan fingerprint density at radius 1 is 1.42 bits per heavy atom. The Morgan fingerprint density at radius 3 is 2.50 bits per heavy atom. The summed E-state index contributed by atoms with van der Waals surface area (Å²) in [6.45, 7) is 1.58. The molecule has 0 unspecified atom stereocenters. The van der Waals surface area contributed by atoms with Gasteiger partial charge >= 0.3 is 0 Å². The van der Waals surface area contributed by atoms with Crippen molar-refractivity contribution in [1.29, 1.82) is 0 Å². The Bertz CT molecular complexity index is 299. The van der Waals surface area contributed by atoms with Crippen molar-refractivity contribution in [2.24, 2.45) is 5.73 Å². The van der Waals surface area contributed by atoms with E-state index in [0.29, 0.717) is 0 Å². The molecule has 12 heavy (non-hydrogen) atoms. The topological polar surface area (TPSA) is 46.2 Å². The molecule has 3 N–H and O–H groups in total. The monoisotopic (exact) mass is 173 g/mol. The number of hydrogen-bond donors (Lipinski definition) is 2. The van der Waals surface area contributed by atoms with Gasteiger partial charge < -0.3 is 10.8 Å². The standard InChI is InChI=1S/C8H9F2NO/c1-4(11)5-2-3-6(9)7(10)8(5)12/h2-4,12H,11H2,1H3/t4-/m0/s1. The first-order chi connectivity index (χ1) is 5.54. The van der Waals surface area contributed by atoms with E-state index in [-0.39, 0.29) is 5.56 Å². The van der Waals surface area contributed by atoms with Gasteiger partial charge in [0.25, 0.3) is 0 Å². The van der Waals surface area contributed by atoms with Gasteiger partial charge in [0, 0.05) is 11.6 Å². The average molecular weight is 173 g/mol. The molecular formula is C8H9F2NO. The predicted molar refractivity (Wildman–Crippen MR) is 40.6 cm³/mol. The summed E-state index contributed by atoms with van der Waals surface area (Å²) in [7, 11) is 0. The van der Waals surface area contributed by atoms with Crippen molar-refractivity contribution in [3.63, 3.8) is 0 Å². The van der Waals surface area contributed by atoms with Crippen LogP contribution in [0.4, 0.5) is 8.78 Å². The Morgan fingerprint density at radius 2 is 2.00 bits per heavy atom. The summed E-state index contributed by atoms with van der Waals surface area (Å²) in [4.78, 5) is 0. The summed E-state index contributed by atoms with van der Waals surface area (Å²) in [6.07, 6.45) is 0. The van der Waals surface area contributed by atoms with Gasteiger partial charge in [0.2, 0.25) is 5.82 Å². The molecule has 0 bridgehead atoms. The number of aromatic hydroxyl groups is 1. The van der Waals surface area contributed by atoms with Crippen LogP contribution in [0.2, 0.25) is 0 Å². The number of benzene rings is 1. The average Bonchev–Trinajstić information content (AvgIpc) is 2.00. The van der Waals surface area contributed by atoms with Crippen LogP contribution in [0.3, 0.4) is 0 Å². The van der Waals surface area contributed by atoms with E-state index in [0.717, 1.165) is 6.07 Å². The maximum Gasteiger partial charge on any atom is 0.200 e.